The van der Waals surface area contributed by atoms with Crippen LogP contribution in [0.1, 0.15) is 41.5 Å². The number of benzene rings is 1. The third-order valence-corrected chi connectivity index (χ3v) is 5.87. The summed E-state index contributed by atoms with van der Waals surface area (Å²) in [7, 11) is 0. The molecule has 7 nitrogen and oxygen atoms in total. The van der Waals surface area contributed by atoms with Gasteiger partial charge in [0.2, 0.25) is 5.89 Å². The number of furan rings is 1. The van der Waals surface area contributed by atoms with Crippen LogP contribution in [0.5, 0.6) is 0 Å². The van der Waals surface area contributed by atoms with Gasteiger partial charge in [-0.3, -0.25) is 4.90 Å². The summed E-state index contributed by atoms with van der Waals surface area (Å²) in [5.74, 6) is 3.25. The monoisotopic (exact) mass is 435 g/mol. The van der Waals surface area contributed by atoms with Gasteiger partial charge in [-0.15, -0.1) is 0 Å². The van der Waals surface area contributed by atoms with E-state index in [4.69, 9.17) is 13.8 Å². The van der Waals surface area contributed by atoms with E-state index in [1.165, 1.54) is 5.56 Å². The second-order valence-electron chi connectivity index (χ2n) is 8.35. The molecule has 32 heavy (non-hydrogen) atoms. The molecule has 0 aliphatic carbocycles. The van der Waals surface area contributed by atoms with E-state index in [0.29, 0.717) is 18.5 Å². The topological polar surface area (TPSA) is 78.8 Å². The van der Waals surface area contributed by atoms with Crippen molar-refractivity contribution >= 4 is 5.96 Å². The molecule has 170 valence electrons. The van der Waals surface area contributed by atoms with Crippen LogP contribution in [0.25, 0.3) is 0 Å². The first-order valence-corrected chi connectivity index (χ1v) is 11.4. The first kappa shape index (κ1) is 22.1. The van der Waals surface area contributed by atoms with E-state index in [-0.39, 0.29) is 0 Å². The Morgan fingerprint density at radius 1 is 1.12 bits per heavy atom. The lowest BCUT2D eigenvalue weighted by Gasteiger charge is -2.33. The Balaban J connectivity index is 1.31. The van der Waals surface area contributed by atoms with Gasteiger partial charge in [0.05, 0.1) is 12.0 Å². The zero-order valence-electron chi connectivity index (χ0n) is 19.0. The Hall–Kier alpha value is -3.06. The fourth-order valence-corrected chi connectivity index (χ4v) is 3.94. The van der Waals surface area contributed by atoms with E-state index in [1.54, 1.807) is 6.26 Å². The standard InChI is InChI=1S/C25H33N5O2/c1-19-20(2)32-24(28-19)17-27-25(26-13-10-23-9-6-16-31-23)29-22-11-14-30(15-12-22)18-21-7-4-3-5-8-21/h3-9,16,22H,10-15,17-18H2,1-2H3,(H2,26,27,29). The van der Waals surface area contributed by atoms with Gasteiger partial charge in [0, 0.05) is 38.6 Å². The number of rotatable bonds is 8. The van der Waals surface area contributed by atoms with E-state index >= 15 is 0 Å². The lowest BCUT2D eigenvalue weighted by molar-refractivity contribution is 0.198. The molecule has 2 aromatic heterocycles. The zero-order chi connectivity index (χ0) is 22.2. The van der Waals surface area contributed by atoms with Gasteiger partial charge in [0.1, 0.15) is 18.1 Å². The number of aryl methyl sites for hydroxylation is 2. The number of nitrogens with one attached hydrogen (secondary N) is 2. The van der Waals surface area contributed by atoms with Crippen LogP contribution in [0.3, 0.4) is 0 Å². The summed E-state index contributed by atoms with van der Waals surface area (Å²) in [6.07, 6.45) is 4.69. The largest absolute Gasteiger partial charge is 0.469 e. The Labute approximate surface area is 189 Å². The number of aliphatic imine (C=N–C) groups is 1. The lowest BCUT2D eigenvalue weighted by Crippen LogP contribution is -2.48. The summed E-state index contributed by atoms with van der Waals surface area (Å²) in [6, 6.07) is 15.0. The van der Waals surface area contributed by atoms with Crippen molar-refractivity contribution in [2.24, 2.45) is 4.99 Å². The van der Waals surface area contributed by atoms with Crippen molar-refractivity contribution in [3.63, 3.8) is 0 Å². The van der Waals surface area contributed by atoms with Crippen molar-refractivity contribution in [3.05, 3.63) is 77.4 Å². The number of hydrogen-bond donors (Lipinski definition) is 2. The van der Waals surface area contributed by atoms with E-state index in [9.17, 15) is 0 Å². The van der Waals surface area contributed by atoms with E-state index < -0.39 is 0 Å². The number of likely N-dealkylation sites (tertiary alicyclic amines) is 1. The third-order valence-electron chi connectivity index (χ3n) is 5.87. The smallest absolute Gasteiger partial charge is 0.216 e. The van der Waals surface area contributed by atoms with Crippen molar-refractivity contribution in [3.8, 4) is 0 Å². The minimum atomic E-state index is 0.393. The van der Waals surface area contributed by atoms with Gasteiger partial charge in [-0.2, -0.15) is 0 Å². The molecule has 0 saturated carbocycles. The van der Waals surface area contributed by atoms with Gasteiger partial charge in [0.25, 0.3) is 0 Å². The first-order chi connectivity index (χ1) is 15.7. The highest BCUT2D eigenvalue weighted by Gasteiger charge is 2.20. The van der Waals surface area contributed by atoms with Crippen LogP contribution in [0, 0.1) is 13.8 Å². The highest BCUT2D eigenvalue weighted by atomic mass is 16.4. The van der Waals surface area contributed by atoms with Crippen molar-refractivity contribution in [2.45, 2.75) is 52.2 Å². The Morgan fingerprint density at radius 2 is 1.94 bits per heavy atom. The minimum absolute atomic E-state index is 0.393. The summed E-state index contributed by atoms with van der Waals surface area (Å²) in [4.78, 5) is 11.7. The van der Waals surface area contributed by atoms with E-state index in [1.807, 2.05) is 26.0 Å². The molecule has 2 N–H and O–H groups in total. The molecule has 4 rings (SSSR count). The molecule has 1 fully saturated rings. The molecule has 1 saturated heterocycles. The molecule has 1 aliphatic rings. The number of nitrogens with zero attached hydrogens (tertiary/aromatic N) is 3. The molecule has 0 atom stereocenters. The van der Waals surface area contributed by atoms with Gasteiger partial charge >= 0.3 is 0 Å². The highest BCUT2D eigenvalue weighted by molar-refractivity contribution is 5.80. The molecule has 3 heterocycles. The fraction of sp³-hybridized carbons (Fsp3) is 0.440. The molecule has 3 aromatic rings. The number of hydrogen-bond acceptors (Lipinski definition) is 5. The fourth-order valence-electron chi connectivity index (χ4n) is 3.94. The van der Waals surface area contributed by atoms with Crippen LogP contribution in [0.15, 0.2) is 62.6 Å². The zero-order valence-corrected chi connectivity index (χ0v) is 19.0. The molecule has 0 amide bonds. The van der Waals surface area contributed by atoms with Crippen molar-refractivity contribution in [1.29, 1.82) is 0 Å². The number of aromatic nitrogens is 1. The van der Waals surface area contributed by atoms with Crippen LogP contribution in [0.4, 0.5) is 0 Å². The van der Waals surface area contributed by atoms with Crippen molar-refractivity contribution in [2.75, 3.05) is 19.6 Å². The van der Waals surface area contributed by atoms with Gasteiger partial charge in [-0.25, -0.2) is 9.98 Å². The average molecular weight is 436 g/mol. The predicted molar refractivity (Wildman–Crippen MR) is 125 cm³/mol. The van der Waals surface area contributed by atoms with Crippen LogP contribution in [-0.4, -0.2) is 41.5 Å². The first-order valence-electron chi connectivity index (χ1n) is 11.4. The van der Waals surface area contributed by atoms with Gasteiger partial charge < -0.3 is 19.5 Å². The van der Waals surface area contributed by atoms with Crippen LogP contribution in [-0.2, 0) is 19.5 Å². The second kappa shape index (κ2) is 11.0. The molecular weight excluding hydrogens is 402 g/mol. The quantitative estimate of drug-likeness (QED) is 0.414. The Kier molecular flexibility index (Phi) is 7.61. The number of oxazole rings is 1. The van der Waals surface area contributed by atoms with Crippen molar-refractivity contribution < 1.29 is 8.83 Å². The SMILES string of the molecule is Cc1nc(CN=C(NCCc2ccco2)NC2CCN(Cc3ccccc3)CC2)oc1C. The maximum atomic E-state index is 5.69. The number of guanidine groups is 1. The maximum Gasteiger partial charge on any atom is 0.216 e. The molecule has 0 spiro atoms. The summed E-state index contributed by atoms with van der Waals surface area (Å²) in [5.41, 5.74) is 2.29. The minimum Gasteiger partial charge on any atom is -0.469 e. The van der Waals surface area contributed by atoms with Crippen LogP contribution >= 0.6 is 0 Å². The second-order valence-corrected chi connectivity index (χ2v) is 8.35. The average Bonchev–Trinajstić information content (AvgIpc) is 3.43. The van der Waals surface area contributed by atoms with Gasteiger partial charge in [-0.05, 0) is 44.4 Å². The molecule has 0 unspecified atom stereocenters. The Morgan fingerprint density at radius 3 is 2.62 bits per heavy atom. The molecule has 7 heteroatoms. The number of piperidine rings is 1. The van der Waals surface area contributed by atoms with Crippen LogP contribution in [0.2, 0.25) is 0 Å². The molecular formula is C25H33N5O2. The van der Waals surface area contributed by atoms with Gasteiger partial charge in [-0.1, -0.05) is 30.3 Å². The molecule has 1 aromatic carbocycles. The van der Waals surface area contributed by atoms with Crippen LogP contribution < -0.4 is 10.6 Å². The summed E-state index contributed by atoms with van der Waals surface area (Å²) in [6.45, 7) is 8.20. The third kappa shape index (κ3) is 6.47. The molecule has 1 aliphatic heterocycles. The van der Waals surface area contributed by atoms with E-state index in [0.717, 1.165) is 68.6 Å². The Bertz CT molecular complexity index is 954. The van der Waals surface area contributed by atoms with Crippen molar-refractivity contribution in [1.82, 2.24) is 20.5 Å². The lowest BCUT2D eigenvalue weighted by atomic mass is 10.0. The maximum absolute atomic E-state index is 5.69. The van der Waals surface area contributed by atoms with Gasteiger partial charge in [0.15, 0.2) is 5.96 Å². The normalized spacial score (nSPS) is 15.8. The molecule has 0 radical (unpaired) electrons. The predicted octanol–water partition coefficient (Wildman–Crippen LogP) is 3.83. The summed E-state index contributed by atoms with van der Waals surface area (Å²) in [5, 5.41) is 7.07. The summed E-state index contributed by atoms with van der Waals surface area (Å²) < 4.78 is 11.1. The summed E-state index contributed by atoms with van der Waals surface area (Å²) >= 11 is 0. The molecule has 0 bridgehead atoms. The van der Waals surface area contributed by atoms with E-state index in [2.05, 4.69) is 50.8 Å². The highest BCUT2D eigenvalue weighted by Crippen LogP contribution is 2.14.